The first kappa shape index (κ1) is 18.2. The molecule has 1 rings (SSSR count). The zero-order valence-corrected chi connectivity index (χ0v) is 14.1. The zero-order valence-electron chi connectivity index (χ0n) is 14.1. The van der Waals surface area contributed by atoms with E-state index in [1.807, 2.05) is 0 Å². The average molecular weight is 290 g/mol. The van der Waals surface area contributed by atoms with Gasteiger partial charge in [-0.2, -0.15) is 0 Å². The fourth-order valence-electron chi connectivity index (χ4n) is 2.74. The van der Waals surface area contributed by atoms with E-state index in [4.69, 9.17) is 0 Å². The molecule has 120 valence electrons. The van der Waals surface area contributed by atoms with E-state index in [1.54, 1.807) is 0 Å². The molecule has 0 heterocycles. The monoisotopic (exact) mass is 289 g/mol. The number of unbranched alkanes of at least 4 members (excludes halogenated alkanes) is 9. The van der Waals surface area contributed by atoms with Gasteiger partial charge in [-0.05, 0) is 31.5 Å². The van der Waals surface area contributed by atoms with Crippen molar-refractivity contribution in [3.8, 4) is 0 Å². The Bertz CT molecular complexity index is 307. The van der Waals surface area contributed by atoms with Gasteiger partial charge < -0.3 is 5.32 Å². The largest absolute Gasteiger partial charge is 0.316 e. The molecule has 0 amide bonds. The highest BCUT2D eigenvalue weighted by atomic mass is 14.8. The summed E-state index contributed by atoms with van der Waals surface area (Å²) in [6.45, 7) is 4.58. The first-order valence-corrected chi connectivity index (χ1v) is 9.18. The molecule has 1 aromatic carbocycles. The summed E-state index contributed by atoms with van der Waals surface area (Å²) in [4.78, 5) is 0. The molecule has 1 N–H and O–H groups in total. The van der Waals surface area contributed by atoms with Gasteiger partial charge in [-0.15, -0.1) is 0 Å². The molecule has 0 aliphatic carbocycles. The maximum Gasteiger partial charge on any atom is -0.000835 e. The Hall–Kier alpha value is -0.820. The van der Waals surface area contributed by atoms with Crippen molar-refractivity contribution in [2.24, 2.45) is 0 Å². The molecule has 21 heavy (non-hydrogen) atoms. The first-order chi connectivity index (χ1) is 10.4. The van der Waals surface area contributed by atoms with Gasteiger partial charge in [0.1, 0.15) is 0 Å². The van der Waals surface area contributed by atoms with E-state index in [1.165, 1.54) is 76.3 Å². The molecule has 0 saturated carbocycles. The van der Waals surface area contributed by atoms with Crippen LogP contribution in [0.1, 0.15) is 76.7 Å². The van der Waals surface area contributed by atoms with Crippen molar-refractivity contribution in [1.29, 1.82) is 0 Å². The Labute approximate surface area is 132 Å². The van der Waals surface area contributed by atoms with Crippen LogP contribution in [-0.2, 0) is 6.42 Å². The lowest BCUT2D eigenvalue weighted by Crippen LogP contribution is -2.18. The molecule has 0 radical (unpaired) electrons. The van der Waals surface area contributed by atoms with E-state index in [0.717, 1.165) is 13.0 Å². The Morgan fingerprint density at radius 1 is 0.667 bits per heavy atom. The van der Waals surface area contributed by atoms with E-state index in [0.29, 0.717) is 0 Å². The highest BCUT2D eigenvalue weighted by molar-refractivity contribution is 5.14. The molecule has 0 bridgehead atoms. The summed E-state index contributed by atoms with van der Waals surface area (Å²) in [6.07, 6.45) is 15.3. The van der Waals surface area contributed by atoms with Gasteiger partial charge in [0.05, 0.1) is 0 Å². The Morgan fingerprint density at radius 3 is 1.86 bits per heavy atom. The van der Waals surface area contributed by atoms with Gasteiger partial charge in [0.2, 0.25) is 0 Å². The second kappa shape index (κ2) is 14.1. The van der Waals surface area contributed by atoms with Crippen molar-refractivity contribution >= 4 is 0 Å². The molecular weight excluding hydrogens is 254 g/mol. The van der Waals surface area contributed by atoms with Gasteiger partial charge >= 0.3 is 0 Å². The van der Waals surface area contributed by atoms with Gasteiger partial charge in [-0.1, -0.05) is 95.0 Å². The Morgan fingerprint density at radius 2 is 1.24 bits per heavy atom. The molecule has 0 fully saturated rings. The van der Waals surface area contributed by atoms with Crippen LogP contribution in [0.2, 0.25) is 0 Å². The van der Waals surface area contributed by atoms with Gasteiger partial charge in [-0.3, -0.25) is 0 Å². The number of benzene rings is 1. The fourth-order valence-corrected chi connectivity index (χ4v) is 2.74. The molecule has 0 aliphatic rings. The van der Waals surface area contributed by atoms with Crippen molar-refractivity contribution in [2.45, 2.75) is 77.6 Å². The number of rotatable bonds is 14. The Kier molecular flexibility index (Phi) is 12.3. The zero-order chi connectivity index (χ0) is 15.0. The second-order valence-electron chi connectivity index (χ2n) is 6.17. The van der Waals surface area contributed by atoms with E-state index in [9.17, 15) is 0 Å². The van der Waals surface area contributed by atoms with Crippen molar-refractivity contribution < 1.29 is 0 Å². The molecule has 0 unspecified atom stereocenters. The van der Waals surface area contributed by atoms with Crippen LogP contribution >= 0.6 is 0 Å². The number of hydrogen-bond acceptors (Lipinski definition) is 1. The van der Waals surface area contributed by atoms with E-state index in [-0.39, 0.29) is 0 Å². The number of nitrogens with one attached hydrogen (secondary N) is 1. The molecule has 1 nitrogen and oxygen atoms in total. The van der Waals surface area contributed by atoms with Crippen LogP contribution in [0.15, 0.2) is 30.3 Å². The molecule has 0 spiro atoms. The van der Waals surface area contributed by atoms with Crippen LogP contribution in [0.5, 0.6) is 0 Å². The summed E-state index contributed by atoms with van der Waals surface area (Å²) in [5.74, 6) is 0. The summed E-state index contributed by atoms with van der Waals surface area (Å²) >= 11 is 0. The summed E-state index contributed by atoms with van der Waals surface area (Å²) in [7, 11) is 0. The fraction of sp³-hybridized carbons (Fsp3) is 0.700. The highest BCUT2D eigenvalue weighted by Crippen LogP contribution is 2.10. The third-order valence-corrected chi connectivity index (χ3v) is 4.14. The third kappa shape index (κ3) is 11.5. The molecule has 1 heteroatoms. The van der Waals surface area contributed by atoms with Gasteiger partial charge in [0.25, 0.3) is 0 Å². The van der Waals surface area contributed by atoms with Crippen LogP contribution in [0.4, 0.5) is 0 Å². The number of hydrogen-bond donors (Lipinski definition) is 1. The first-order valence-electron chi connectivity index (χ1n) is 9.18. The van der Waals surface area contributed by atoms with Crippen LogP contribution in [0.25, 0.3) is 0 Å². The van der Waals surface area contributed by atoms with Crippen molar-refractivity contribution in [3.63, 3.8) is 0 Å². The van der Waals surface area contributed by atoms with Crippen LogP contribution < -0.4 is 5.32 Å². The lowest BCUT2D eigenvalue weighted by molar-refractivity contribution is 0.544. The van der Waals surface area contributed by atoms with E-state index >= 15 is 0 Å². The predicted octanol–water partition coefficient (Wildman–Crippen LogP) is 5.74. The summed E-state index contributed by atoms with van der Waals surface area (Å²) in [6, 6.07) is 10.8. The smallest absolute Gasteiger partial charge is 0.000835 e. The minimum absolute atomic E-state index is 1.11. The van der Waals surface area contributed by atoms with Gasteiger partial charge in [-0.25, -0.2) is 0 Å². The van der Waals surface area contributed by atoms with Crippen LogP contribution in [0.3, 0.4) is 0 Å². The third-order valence-electron chi connectivity index (χ3n) is 4.14. The molecular formula is C20H35N. The topological polar surface area (TPSA) is 12.0 Å². The lowest BCUT2D eigenvalue weighted by atomic mass is 10.1. The summed E-state index contributed by atoms with van der Waals surface area (Å²) < 4.78 is 0. The molecule has 0 saturated heterocycles. The van der Waals surface area contributed by atoms with Gasteiger partial charge in [0.15, 0.2) is 0 Å². The Balaban J connectivity index is 1.75. The van der Waals surface area contributed by atoms with Gasteiger partial charge in [0, 0.05) is 0 Å². The second-order valence-corrected chi connectivity index (χ2v) is 6.17. The van der Waals surface area contributed by atoms with Crippen molar-refractivity contribution in [2.75, 3.05) is 13.1 Å². The normalized spacial score (nSPS) is 10.9. The van der Waals surface area contributed by atoms with Crippen molar-refractivity contribution in [1.82, 2.24) is 5.32 Å². The highest BCUT2D eigenvalue weighted by Gasteiger charge is 1.94. The van der Waals surface area contributed by atoms with E-state index in [2.05, 4.69) is 42.6 Å². The maximum atomic E-state index is 3.56. The summed E-state index contributed by atoms with van der Waals surface area (Å²) in [5, 5.41) is 3.56. The average Bonchev–Trinajstić information content (AvgIpc) is 2.53. The molecule has 1 aromatic rings. The molecule has 0 atom stereocenters. The molecule has 0 aromatic heterocycles. The molecule has 0 aliphatic heterocycles. The maximum absolute atomic E-state index is 3.56. The quantitative estimate of drug-likeness (QED) is 0.431. The lowest BCUT2D eigenvalue weighted by Gasteiger charge is -2.05. The predicted molar refractivity (Wildman–Crippen MR) is 94.9 cm³/mol. The summed E-state index contributed by atoms with van der Waals surface area (Å²) in [5.41, 5.74) is 1.44. The van der Waals surface area contributed by atoms with Crippen molar-refractivity contribution in [3.05, 3.63) is 35.9 Å². The minimum atomic E-state index is 1.11. The minimum Gasteiger partial charge on any atom is -0.316 e. The SMILES string of the molecule is CCCCCCCCCCCCNCCc1ccccc1. The van der Waals surface area contributed by atoms with E-state index < -0.39 is 0 Å². The van der Waals surface area contributed by atoms with Crippen LogP contribution in [0, 0.1) is 0 Å². The standard InChI is InChI=1S/C20H35N/c1-2-3-4-5-6-7-8-9-10-14-18-21-19-17-20-15-12-11-13-16-20/h11-13,15-16,21H,2-10,14,17-19H2,1H3. The van der Waals surface area contributed by atoms with Crippen LogP contribution in [-0.4, -0.2) is 13.1 Å².